The number of nitrogens with zero attached hydrogens (tertiary/aromatic N) is 1. The summed E-state index contributed by atoms with van der Waals surface area (Å²) in [4.78, 5) is 17.7. The highest BCUT2D eigenvalue weighted by atomic mass is 16.4. The van der Waals surface area contributed by atoms with E-state index in [-0.39, 0.29) is 5.92 Å². The van der Waals surface area contributed by atoms with Crippen molar-refractivity contribution in [1.82, 2.24) is 9.97 Å². The molecule has 0 amide bonds. The van der Waals surface area contributed by atoms with Gasteiger partial charge in [-0.25, -0.2) is 9.78 Å². The van der Waals surface area contributed by atoms with Crippen molar-refractivity contribution in [3.8, 4) is 11.5 Å². The predicted molar refractivity (Wildman–Crippen MR) is 62.8 cm³/mol. The summed E-state index contributed by atoms with van der Waals surface area (Å²) in [5.74, 6) is -2.51. The van der Waals surface area contributed by atoms with Gasteiger partial charge in [0.2, 0.25) is 0 Å². The number of H-pyrrole nitrogens is 1. The van der Waals surface area contributed by atoms with E-state index in [0.29, 0.717) is 5.56 Å². The number of nitrogens with one attached hydrogen (secondary N) is 1. The summed E-state index contributed by atoms with van der Waals surface area (Å²) in [6.45, 7) is 1.80. The summed E-state index contributed by atoms with van der Waals surface area (Å²) >= 11 is 0. The number of hydrogen-bond donors (Lipinski definition) is 4. The van der Waals surface area contributed by atoms with Gasteiger partial charge in [0.15, 0.2) is 0 Å². The first kappa shape index (κ1) is 12.0. The van der Waals surface area contributed by atoms with E-state index in [1.807, 2.05) is 0 Å². The Morgan fingerprint density at radius 2 is 2.11 bits per heavy atom. The van der Waals surface area contributed by atoms with Gasteiger partial charge in [0.1, 0.15) is 17.1 Å². The Balaban J connectivity index is 2.53. The van der Waals surface area contributed by atoms with Crippen LogP contribution < -0.4 is 0 Å². The number of imidazole rings is 1. The number of aromatic hydroxyl groups is 2. The van der Waals surface area contributed by atoms with Gasteiger partial charge in [0.25, 0.3) is 0 Å². The Morgan fingerprint density at radius 1 is 1.39 bits per heavy atom. The van der Waals surface area contributed by atoms with E-state index in [1.165, 1.54) is 18.5 Å². The fraction of sp³-hybridized carbons (Fsp3) is 0.167. The second-order valence-corrected chi connectivity index (χ2v) is 3.93. The number of aromatic carboxylic acids is 1. The first-order chi connectivity index (χ1) is 8.52. The molecule has 18 heavy (non-hydrogen) atoms. The maximum atomic E-state index is 11.0. The number of benzene rings is 1. The topological polar surface area (TPSA) is 106 Å². The number of phenols is 2. The van der Waals surface area contributed by atoms with Gasteiger partial charge in [-0.1, -0.05) is 13.0 Å². The molecular weight excluding hydrogens is 236 g/mol. The van der Waals surface area contributed by atoms with Crippen LogP contribution in [-0.4, -0.2) is 31.3 Å². The number of carbonyl (C=O) groups is 1. The minimum Gasteiger partial charge on any atom is -0.507 e. The normalized spacial score (nSPS) is 12.3. The van der Waals surface area contributed by atoms with Crippen LogP contribution in [0, 0.1) is 0 Å². The Bertz CT molecular complexity index is 578. The maximum Gasteiger partial charge on any atom is 0.343 e. The number of rotatable bonds is 3. The average molecular weight is 248 g/mol. The zero-order valence-electron chi connectivity index (χ0n) is 9.58. The predicted octanol–water partition coefficient (Wildman–Crippen LogP) is 1.67. The van der Waals surface area contributed by atoms with Crippen molar-refractivity contribution < 1.29 is 20.1 Å². The average Bonchev–Trinajstić information content (AvgIpc) is 2.81. The minimum atomic E-state index is -1.37. The molecule has 2 rings (SSSR count). The van der Waals surface area contributed by atoms with Crippen molar-refractivity contribution in [3.05, 3.63) is 41.5 Å². The molecule has 0 aliphatic rings. The Kier molecular flexibility index (Phi) is 2.93. The van der Waals surface area contributed by atoms with Gasteiger partial charge in [0, 0.05) is 23.4 Å². The second kappa shape index (κ2) is 4.40. The molecule has 0 spiro atoms. The van der Waals surface area contributed by atoms with E-state index < -0.39 is 23.0 Å². The van der Waals surface area contributed by atoms with Crippen molar-refractivity contribution in [3.63, 3.8) is 0 Å². The molecule has 1 aromatic heterocycles. The van der Waals surface area contributed by atoms with Crippen LogP contribution in [0.4, 0.5) is 0 Å². The summed E-state index contributed by atoms with van der Waals surface area (Å²) in [5.41, 5.74) is 0.667. The SMILES string of the molecule is CC(c1cnc[nH]1)c1ccc(O)c(C(=O)O)c1O. The van der Waals surface area contributed by atoms with Crippen LogP contribution in [0.25, 0.3) is 0 Å². The van der Waals surface area contributed by atoms with Gasteiger partial charge in [0.05, 0.1) is 6.33 Å². The molecule has 1 atom stereocenters. The number of carboxylic acids is 1. The molecule has 0 aliphatic heterocycles. The van der Waals surface area contributed by atoms with Gasteiger partial charge in [-0.3, -0.25) is 0 Å². The van der Waals surface area contributed by atoms with Crippen molar-refractivity contribution in [2.24, 2.45) is 0 Å². The molecule has 1 unspecified atom stereocenters. The number of hydrogen-bond acceptors (Lipinski definition) is 4. The van der Waals surface area contributed by atoms with E-state index in [2.05, 4.69) is 9.97 Å². The van der Waals surface area contributed by atoms with Gasteiger partial charge in [-0.2, -0.15) is 0 Å². The van der Waals surface area contributed by atoms with E-state index in [1.54, 1.807) is 13.1 Å². The second-order valence-electron chi connectivity index (χ2n) is 3.93. The molecule has 4 N–H and O–H groups in total. The van der Waals surface area contributed by atoms with Crippen LogP contribution in [0.2, 0.25) is 0 Å². The Hall–Kier alpha value is -2.50. The molecule has 1 heterocycles. The minimum absolute atomic E-state index is 0.258. The molecule has 0 saturated carbocycles. The number of aromatic amines is 1. The van der Waals surface area contributed by atoms with Gasteiger partial charge in [-0.15, -0.1) is 0 Å². The standard InChI is InChI=1S/C12H12N2O4/c1-6(8-4-13-5-14-8)7-2-3-9(15)10(11(7)16)12(17)18/h2-6,15-16H,1H3,(H,13,14)(H,17,18). The Labute approximate surface area is 103 Å². The van der Waals surface area contributed by atoms with Crippen molar-refractivity contribution in [2.75, 3.05) is 0 Å². The molecule has 94 valence electrons. The van der Waals surface area contributed by atoms with Crippen LogP contribution in [0.15, 0.2) is 24.7 Å². The van der Waals surface area contributed by atoms with Gasteiger partial charge < -0.3 is 20.3 Å². The largest absolute Gasteiger partial charge is 0.507 e. The third kappa shape index (κ3) is 1.88. The van der Waals surface area contributed by atoms with Crippen molar-refractivity contribution in [2.45, 2.75) is 12.8 Å². The molecular formula is C12H12N2O4. The molecule has 6 nitrogen and oxygen atoms in total. The fourth-order valence-corrected chi connectivity index (χ4v) is 1.83. The molecule has 6 heteroatoms. The Morgan fingerprint density at radius 3 is 2.67 bits per heavy atom. The van der Waals surface area contributed by atoms with Gasteiger partial charge in [-0.05, 0) is 6.07 Å². The van der Waals surface area contributed by atoms with Crippen LogP contribution in [0.3, 0.4) is 0 Å². The van der Waals surface area contributed by atoms with E-state index in [4.69, 9.17) is 5.11 Å². The molecule has 0 radical (unpaired) electrons. The molecule has 2 aromatic rings. The summed E-state index contributed by atoms with van der Waals surface area (Å²) < 4.78 is 0. The summed E-state index contributed by atoms with van der Waals surface area (Å²) in [5, 5.41) is 28.3. The van der Waals surface area contributed by atoms with Crippen molar-refractivity contribution in [1.29, 1.82) is 0 Å². The monoisotopic (exact) mass is 248 g/mol. The lowest BCUT2D eigenvalue weighted by Gasteiger charge is -2.14. The molecule has 0 saturated heterocycles. The van der Waals surface area contributed by atoms with E-state index in [0.717, 1.165) is 5.69 Å². The lowest BCUT2D eigenvalue weighted by atomic mass is 9.94. The smallest absolute Gasteiger partial charge is 0.343 e. The third-order valence-electron chi connectivity index (χ3n) is 2.85. The van der Waals surface area contributed by atoms with E-state index in [9.17, 15) is 15.0 Å². The third-order valence-corrected chi connectivity index (χ3v) is 2.85. The highest BCUT2D eigenvalue weighted by molar-refractivity contribution is 5.94. The first-order valence-electron chi connectivity index (χ1n) is 5.28. The van der Waals surface area contributed by atoms with Crippen LogP contribution in [0.5, 0.6) is 11.5 Å². The zero-order valence-corrected chi connectivity index (χ0v) is 9.58. The molecule has 0 bridgehead atoms. The maximum absolute atomic E-state index is 11.0. The summed E-state index contributed by atoms with van der Waals surface area (Å²) in [6.07, 6.45) is 3.10. The lowest BCUT2D eigenvalue weighted by molar-refractivity contribution is 0.0690. The van der Waals surface area contributed by atoms with Crippen LogP contribution >= 0.6 is 0 Å². The number of carboxylic acid groups (broad SMARTS) is 1. The molecule has 1 aromatic carbocycles. The summed E-state index contributed by atoms with van der Waals surface area (Å²) in [7, 11) is 0. The quantitative estimate of drug-likeness (QED) is 0.661. The van der Waals surface area contributed by atoms with E-state index >= 15 is 0 Å². The van der Waals surface area contributed by atoms with Crippen molar-refractivity contribution >= 4 is 5.97 Å². The molecule has 0 fully saturated rings. The van der Waals surface area contributed by atoms with Crippen LogP contribution in [-0.2, 0) is 0 Å². The number of aromatic nitrogens is 2. The zero-order chi connectivity index (χ0) is 13.3. The van der Waals surface area contributed by atoms with Crippen LogP contribution in [0.1, 0.15) is 34.5 Å². The highest BCUT2D eigenvalue weighted by Gasteiger charge is 2.22. The summed E-state index contributed by atoms with van der Waals surface area (Å²) in [6, 6.07) is 2.74. The fourth-order valence-electron chi connectivity index (χ4n) is 1.83. The van der Waals surface area contributed by atoms with Gasteiger partial charge >= 0.3 is 5.97 Å². The lowest BCUT2D eigenvalue weighted by Crippen LogP contribution is -2.03. The molecule has 0 aliphatic carbocycles. The first-order valence-corrected chi connectivity index (χ1v) is 5.28. The highest BCUT2D eigenvalue weighted by Crippen LogP contribution is 2.36.